The molecule has 0 spiro atoms. The predicted molar refractivity (Wildman–Crippen MR) is 86.6 cm³/mol. The average Bonchev–Trinajstić information content (AvgIpc) is 3.06. The number of hydrogen-bond donors (Lipinski definition) is 0. The number of hydrogen-bond acceptors (Lipinski definition) is 4. The van der Waals surface area contributed by atoms with E-state index in [-0.39, 0.29) is 17.5 Å². The molecule has 0 aromatic rings. The third-order valence-electron chi connectivity index (χ3n) is 4.62. The summed E-state index contributed by atoms with van der Waals surface area (Å²) < 4.78 is 9.68. The monoisotopic (exact) mass is 322 g/mol. The lowest BCUT2D eigenvalue weighted by Gasteiger charge is -2.34. The van der Waals surface area contributed by atoms with Gasteiger partial charge in [-0.1, -0.05) is 26.0 Å². The third kappa shape index (κ3) is 3.21. The van der Waals surface area contributed by atoms with Gasteiger partial charge in [0.25, 0.3) is 0 Å². The van der Waals surface area contributed by atoms with Crippen LogP contribution >= 0.6 is 0 Å². The van der Waals surface area contributed by atoms with Crippen molar-refractivity contribution in [1.82, 2.24) is 10.0 Å². The van der Waals surface area contributed by atoms with Crippen molar-refractivity contribution in [3.63, 3.8) is 0 Å². The van der Waals surface area contributed by atoms with Crippen molar-refractivity contribution in [3.8, 4) is 0 Å². The summed E-state index contributed by atoms with van der Waals surface area (Å²) in [6, 6.07) is -0.239. The van der Waals surface area contributed by atoms with Crippen LogP contribution in [0.2, 0.25) is 0 Å². The van der Waals surface area contributed by atoms with E-state index in [1.165, 1.54) is 24.2 Å². The highest BCUT2D eigenvalue weighted by atomic mass is 16.6. The van der Waals surface area contributed by atoms with E-state index in [1.54, 1.807) is 0 Å². The molecule has 0 aromatic carbocycles. The first-order chi connectivity index (χ1) is 10.9. The van der Waals surface area contributed by atoms with Gasteiger partial charge in [-0.3, -0.25) is 0 Å². The Hall–Kier alpha value is -1.98. The molecule has 2 atom stereocenters. The number of fused-ring (bicyclic) bond motifs is 2. The Morgan fingerprint density at radius 1 is 1.13 bits per heavy atom. The molecule has 1 saturated carbocycles. The number of hydrazine groups is 1. The fourth-order valence-electron chi connectivity index (χ4n) is 3.46. The second-order valence-electron chi connectivity index (χ2n) is 6.80. The molecule has 1 aliphatic carbocycles. The van der Waals surface area contributed by atoms with E-state index >= 15 is 0 Å². The van der Waals surface area contributed by atoms with Crippen LogP contribution in [0.1, 0.15) is 39.5 Å². The Balaban J connectivity index is 2.27. The van der Waals surface area contributed by atoms with Gasteiger partial charge in [0.2, 0.25) is 0 Å². The van der Waals surface area contributed by atoms with Crippen molar-refractivity contribution in [3.05, 3.63) is 24.3 Å². The SMILES string of the molecule is C=CCC(C)(C)CC=C1[C@H]2CC[C@@H]1N(C(=O)OC)N2C(=O)OC. The minimum Gasteiger partial charge on any atom is -0.451 e. The lowest BCUT2D eigenvalue weighted by atomic mass is 9.84. The normalized spacial score (nSPS) is 25.0. The third-order valence-corrected chi connectivity index (χ3v) is 4.62. The van der Waals surface area contributed by atoms with Gasteiger partial charge in [-0.05, 0) is 36.7 Å². The van der Waals surface area contributed by atoms with Crippen molar-refractivity contribution < 1.29 is 19.1 Å². The fraction of sp³-hybridized carbons (Fsp3) is 0.647. The summed E-state index contributed by atoms with van der Waals surface area (Å²) in [5.41, 5.74) is 1.21. The molecule has 2 amide bonds. The highest BCUT2D eigenvalue weighted by Crippen LogP contribution is 2.43. The topological polar surface area (TPSA) is 59.1 Å². The smallest absolute Gasteiger partial charge is 0.429 e. The van der Waals surface area contributed by atoms with Gasteiger partial charge in [-0.25, -0.2) is 19.6 Å². The Morgan fingerprint density at radius 3 is 2.00 bits per heavy atom. The molecule has 128 valence electrons. The number of rotatable bonds is 4. The van der Waals surface area contributed by atoms with Crippen LogP contribution in [0.25, 0.3) is 0 Å². The largest absolute Gasteiger partial charge is 0.451 e. The number of carbonyl (C=O) groups excluding carboxylic acids is 2. The summed E-state index contributed by atoms with van der Waals surface area (Å²) in [4.78, 5) is 24.2. The van der Waals surface area contributed by atoms with Gasteiger partial charge in [0, 0.05) is 0 Å². The van der Waals surface area contributed by atoms with E-state index in [4.69, 9.17) is 9.47 Å². The zero-order valence-electron chi connectivity index (χ0n) is 14.4. The van der Waals surface area contributed by atoms with Crippen LogP contribution in [0.5, 0.6) is 0 Å². The van der Waals surface area contributed by atoms with E-state index in [0.29, 0.717) is 0 Å². The maximum atomic E-state index is 12.1. The van der Waals surface area contributed by atoms with Crippen molar-refractivity contribution in [1.29, 1.82) is 0 Å². The summed E-state index contributed by atoms with van der Waals surface area (Å²) >= 11 is 0. The van der Waals surface area contributed by atoms with Crippen LogP contribution in [0, 0.1) is 5.41 Å². The Kier molecular flexibility index (Phi) is 5.02. The number of ether oxygens (including phenoxy) is 2. The predicted octanol–water partition coefficient (Wildman–Crippen LogP) is 3.50. The molecule has 2 rings (SSSR count). The average molecular weight is 322 g/mol. The summed E-state index contributed by atoms with van der Waals surface area (Å²) in [5.74, 6) is 0. The van der Waals surface area contributed by atoms with Gasteiger partial charge in [0.1, 0.15) is 0 Å². The molecular weight excluding hydrogens is 296 g/mol. The summed E-state index contributed by atoms with van der Waals surface area (Å²) in [6.45, 7) is 8.16. The van der Waals surface area contributed by atoms with Crippen molar-refractivity contribution in [2.24, 2.45) is 5.41 Å². The Labute approximate surface area is 137 Å². The lowest BCUT2D eigenvalue weighted by Crippen LogP contribution is -2.53. The number of amides is 2. The lowest BCUT2D eigenvalue weighted by molar-refractivity contribution is -0.0300. The fourth-order valence-corrected chi connectivity index (χ4v) is 3.46. The molecule has 2 fully saturated rings. The summed E-state index contributed by atoms with van der Waals surface area (Å²) in [7, 11) is 2.64. The molecule has 23 heavy (non-hydrogen) atoms. The Bertz CT molecular complexity index is 495. The van der Waals surface area contributed by atoms with Crippen molar-refractivity contribution >= 4 is 12.2 Å². The molecule has 1 saturated heterocycles. The van der Waals surface area contributed by atoms with Gasteiger partial charge in [-0.15, -0.1) is 6.58 Å². The summed E-state index contributed by atoms with van der Waals surface area (Å²) in [6.07, 6.45) is 6.48. The van der Waals surface area contributed by atoms with Crippen LogP contribution in [0.4, 0.5) is 9.59 Å². The van der Waals surface area contributed by atoms with E-state index in [2.05, 4.69) is 26.5 Å². The van der Waals surface area contributed by atoms with Gasteiger partial charge >= 0.3 is 12.2 Å². The first-order valence-corrected chi connectivity index (χ1v) is 7.91. The van der Waals surface area contributed by atoms with Gasteiger partial charge in [-0.2, -0.15) is 0 Å². The van der Waals surface area contributed by atoms with Crippen LogP contribution in [-0.2, 0) is 9.47 Å². The minimum absolute atomic E-state index is 0.100. The first-order valence-electron chi connectivity index (χ1n) is 7.91. The van der Waals surface area contributed by atoms with Crippen LogP contribution < -0.4 is 0 Å². The Morgan fingerprint density at radius 2 is 1.61 bits per heavy atom. The molecule has 2 aliphatic rings. The van der Waals surface area contributed by atoms with Crippen LogP contribution in [0.15, 0.2) is 24.3 Å². The number of nitrogens with zero attached hydrogens (tertiary/aromatic N) is 2. The van der Waals surface area contributed by atoms with Crippen LogP contribution in [0.3, 0.4) is 0 Å². The molecule has 0 N–H and O–H groups in total. The number of carbonyl (C=O) groups is 2. The molecule has 6 nitrogen and oxygen atoms in total. The van der Waals surface area contributed by atoms with E-state index in [1.807, 2.05) is 6.08 Å². The van der Waals surface area contributed by atoms with E-state index in [9.17, 15) is 9.59 Å². The van der Waals surface area contributed by atoms with Gasteiger partial charge in [0.15, 0.2) is 0 Å². The molecule has 0 unspecified atom stereocenters. The molecule has 0 aromatic heterocycles. The summed E-state index contributed by atoms with van der Waals surface area (Å²) in [5, 5.41) is 2.79. The van der Waals surface area contributed by atoms with E-state index < -0.39 is 12.2 Å². The van der Waals surface area contributed by atoms with Gasteiger partial charge < -0.3 is 9.47 Å². The molecule has 6 heteroatoms. The number of allylic oxidation sites excluding steroid dienone is 2. The quantitative estimate of drug-likeness (QED) is 0.743. The second kappa shape index (κ2) is 6.64. The van der Waals surface area contributed by atoms with Crippen molar-refractivity contribution in [2.75, 3.05) is 14.2 Å². The zero-order chi connectivity index (χ0) is 17.2. The molecule has 0 radical (unpaired) electrons. The van der Waals surface area contributed by atoms with E-state index in [0.717, 1.165) is 31.3 Å². The number of methoxy groups -OCH3 is 2. The van der Waals surface area contributed by atoms with Crippen molar-refractivity contribution in [2.45, 2.75) is 51.6 Å². The molecule has 2 bridgehead atoms. The molecule has 1 aliphatic heterocycles. The van der Waals surface area contributed by atoms with Crippen LogP contribution in [-0.4, -0.2) is 48.5 Å². The second-order valence-corrected chi connectivity index (χ2v) is 6.80. The van der Waals surface area contributed by atoms with Gasteiger partial charge in [0.05, 0.1) is 26.3 Å². The minimum atomic E-state index is -0.529. The molecule has 1 heterocycles. The first kappa shape index (κ1) is 17.4. The highest BCUT2D eigenvalue weighted by Gasteiger charge is 2.53. The molecular formula is C17H26N2O4. The highest BCUT2D eigenvalue weighted by molar-refractivity contribution is 5.77. The standard InChI is InChI=1S/C17H26N2O4/c1-6-10-17(2,3)11-9-12-13-7-8-14(12)19(16(21)23-5)18(13)15(20)22-4/h6,9,13-14H,1,7-8,10-11H2,2-5H3/t13-,14+. The maximum Gasteiger partial charge on any atom is 0.429 e. The zero-order valence-corrected chi connectivity index (χ0v) is 14.4. The maximum absolute atomic E-state index is 12.1.